The summed E-state index contributed by atoms with van der Waals surface area (Å²) in [6.45, 7) is 4.90. The van der Waals surface area contributed by atoms with Crippen molar-refractivity contribution in [2.75, 3.05) is 13.1 Å². The maximum absolute atomic E-state index is 11.8. The SMILES string of the molecule is CCc1cnc(CNC(=O)CCC2CCCNC2)s1. The van der Waals surface area contributed by atoms with Crippen LogP contribution in [-0.4, -0.2) is 24.0 Å². The number of hydrogen-bond donors (Lipinski definition) is 2. The average molecular weight is 281 g/mol. The van der Waals surface area contributed by atoms with Crippen molar-refractivity contribution >= 4 is 17.2 Å². The van der Waals surface area contributed by atoms with Crippen LogP contribution in [0.15, 0.2) is 6.20 Å². The summed E-state index contributed by atoms with van der Waals surface area (Å²) in [4.78, 5) is 17.4. The minimum absolute atomic E-state index is 0.152. The third-order valence-electron chi connectivity index (χ3n) is 3.57. The lowest BCUT2D eigenvalue weighted by molar-refractivity contribution is -0.121. The zero-order chi connectivity index (χ0) is 13.5. The molecule has 0 radical (unpaired) electrons. The lowest BCUT2D eigenvalue weighted by atomic mass is 9.94. The van der Waals surface area contributed by atoms with E-state index >= 15 is 0 Å². The van der Waals surface area contributed by atoms with E-state index in [1.165, 1.54) is 17.7 Å². The Hall–Kier alpha value is -0.940. The van der Waals surface area contributed by atoms with Crippen molar-refractivity contribution < 1.29 is 4.79 Å². The van der Waals surface area contributed by atoms with Crippen LogP contribution < -0.4 is 10.6 Å². The van der Waals surface area contributed by atoms with Crippen LogP contribution in [0.1, 0.15) is 42.5 Å². The van der Waals surface area contributed by atoms with Crippen molar-refractivity contribution in [1.29, 1.82) is 0 Å². The van der Waals surface area contributed by atoms with E-state index in [0.29, 0.717) is 18.9 Å². The molecule has 1 aliphatic rings. The van der Waals surface area contributed by atoms with Crippen molar-refractivity contribution in [3.8, 4) is 0 Å². The monoisotopic (exact) mass is 281 g/mol. The van der Waals surface area contributed by atoms with Gasteiger partial charge in [-0.2, -0.15) is 0 Å². The second-order valence-corrected chi connectivity index (χ2v) is 6.30. The van der Waals surface area contributed by atoms with Gasteiger partial charge in [-0.05, 0) is 44.7 Å². The summed E-state index contributed by atoms with van der Waals surface area (Å²) < 4.78 is 0. The first kappa shape index (κ1) is 14.5. The fourth-order valence-corrected chi connectivity index (χ4v) is 3.16. The summed E-state index contributed by atoms with van der Waals surface area (Å²) in [6.07, 6.45) is 7.05. The fourth-order valence-electron chi connectivity index (χ4n) is 2.36. The Bertz CT molecular complexity index is 399. The van der Waals surface area contributed by atoms with Crippen LogP contribution in [0.5, 0.6) is 0 Å². The van der Waals surface area contributed by atoms with Crippen LogP contribution in [0, 0.1) is 5.92 Å². The largest absolute Gasteiger partial charge is 0.350 e. The first-order chi connectivity index (χ1) is 9.28. The number of aromatic nitrogens is 1. The van der Waals surface area contributed by atoms with E-state index in [9.17, 15) is 4.79 Å². The summed E-state index contributed by atoms with van der Waals surface area (Å²) in [7, 11) is 0. The van der Waals surface area contributed by atoms with E-state index in [1.54, 1.807) is 11.3 Å². The van der Waals surface area contributed by atoms with Gasteiger partial charge in [0, 0.05) is 17.5 Å². The molecule has 0 spiro atoms. The predicted molar refractivity (Wildman–Crippen MR) is 78.2 cm³/mol. The van der Waals surface area contributed by atoms with E-state index < -0.39 is 0 Å². The molecule has 19 heavy (non-hydrogen) atoms. The fraction of sp³-hybridized carbons (Fsp3) is 0.714. The molecule has 0 bridgehead atoms. The normalized spacial score (nSPS) is 19.3. The highest BCUT2D eigenvalue weighted by atomic mass is 32.1. The van der Waals surface area contributed by atoms with Gasteiger partial charge in [0.05, 0.1) is 6.54 Å². The Kier molecular flexibility index (Phi) is 5.79. The van der Waals surface area contributed by atoms with E-state index in [0.717, 1.165) is 30.9 Å². The highest BCUT2D eigenvalue weighted by Crippen LogP contribution is 2.16. The second-order valence-electron chi connectivity index (χ2n) is 5.10. The Morgan fingerprint density at radius 1 is 1.63 bits per heavy atom. The maximum Gasteiger partial charge on any atom is 0.220 e. The molecular weight excluding hydrogens is 258 g/mol. The highest BCUT2D eigenvalue weighted by Gasteiger charge is 2.14. The number of amides is 1. The Labute approximate surface area is 119 Å². The zero-order valence-corrected chi connectivity index (χ0v) is 12.4. The molecule has 2 heterocycles. The number of hydrogen-bond acceptors (Lipinski definition) is 4. The summed E-state index contributed by atoms with van der Waals surface area (Å²) >= 11 is 1.69. The summed E-state index contributed by atoms with van der Waals surface area (Å²) in [5, 5.41) is 7.35. The molecular formula is C14H23N3OS. The van der Waals surface area contributed by atoms with Crippen molar-refractivity contribution in [3.63, 3.8) is 0 Å². The van der Waals surface area contributed by atoms with Gasteiger partial charge in [0.1, 0.15) is 5.01 Å². The topological polar surface area (TPSA) is 54.0 Å². The molecule has 0 saturated carbocycles. The van der Waals surface area contributed by atoms with E-state index in [2.05, 4.69) is 22.5 Å². The maximum atomic E-state index is 11.8. The summed E-state index contributed by atoms with van der Waals surface area (Å²) in [5.41, 5.74) is 0. The van der Waals surface area contributed by atoms with Gasteiger partial charge in [0.15, 0.2) is 0 Å². The van der Waals surface area contributed by atoms with Gasteiger partial charge in [0.25, 0.3) is 0 Å². The number of thiazole rings is 1. The molecule has 0 aromatic carbocycles. The van der Waals surface area contributed by atoms with Crippen molar-refractivity contribution in [2.45, 2.75) is 45.6 Å². The van der Waals surface area contributed by atoms with Gasteiger partial charge in [-0.3, -0.25) is 4.79 Å². The Balaban J connectivity index is 1.63. The van der Waals surface area contributed by atoms with Crippen molar-refractivity contribution in [1.82, 2.24) is 15.6 Å². The lowest BCUT2D eigenvalue weighted by Crippen LogP contribution is -2.31. The molecule has 1 atom stereocenters. The molecule has 4 nitrogen and oxygen atoms in total. The van der Waals surface area contributed by atoms with Crippen LogP contribution >= 0.6 is 11.3 Å². The molecule has 1 unspecified atom stereocenters. The standard InChI is InChI=1S/C14H23N3OS/c1-2-12-9-17-14(19-12)10-16-13(18)6-5-11-4-3-7-15-8-11/h9,11,15H,2-8,10H2,1H3,(H,16,18). The summed E-state index contributed by atoms with van der Waals surface area (Å²) in [5.74, 6) is 0.824. The minimum Gasteiger partial charge on any atom is -0.350 e. The minimum atomic E-state index is 0.152. The molecule has 1 aromatic heterocycles. The quantitative estimate of drug-likeness (QED) is 0.839. The first-order valence-electron chi connectivity index (χ1n) is 7.19. The molecule has 2 N–H and O–H groups in total. The van der Waals surface area contributed by atoms with Gasteiger partial charge < -0.3 is 10.6 Å². The molecule has 1 amide bonds. The van der Waals surface area contributed by atoms with Gasteiger partial charge in [-0.1, -0.05) is 6.92 Å². The first-order valence-corrected chi connectivity index (χ1v) is 8.00. The number of nitrogens with one attached hydrogen (secondary N) is 2. The molecule has 1 aliphatic heterocycles. The Morgan fingerprint density at radius 3 is 3.21 bits per heavy atom. The van der Waals surface area contributed by atoms with Crippen molar-refractivity contribution in [3.05, 3.63) is 16.1 Å². The molecule has 1 saturated heterocycles. The van der Waals surface area contributed by atoms with E-state index in [4.69, 9.17) is 0 Å². The molecule has 106 valence electrons. The number of rotatable bonds is 6. The van der Waals surface area contributed by atoms with Gasteiger partial charge in [-0.25, -0.2) is 4.98 Å². The van der Waals surface area contributed by atoms with Crippen molar-refractivity contribution in [2.24, 2.45) is 5.92 Å². The predicted octanol–water partition coefficient (Wildman–Crippen LogP) is 2.10. The van der Waals surface area contributed by atoms with Crippen LogP contribution in [0.25, 0.3) is 0 Å². The number of carbonyl (C=O) groups is 1. The zero-order valence-electron chi connectivity index (χ0n) is 11.6. The number of aryl methyl sites for hydroxylation is 1. The highest BCUT2D eigenvalue weighted by molar-refractivity contribution is 7.11. The molecule has 1 fully saturated rings. The Morgan fingerprint density at radius 2 is 2.53 bits per heavy atom. The van der Waals surface area contributed by atoms with Crippen LogP contribution in [0.3, 0.4) is 0 Å². The number of carbonyl (C=O) groups excluding carboxylic acids is 1. The van der Waals surface area contributed by atoms with Gasteiger partial charge in [-0.15, -0.1) is 11.3 Å². The third-order valence-corrected chi connectivity index (χ3v) is 4.71. The van der Waals surface area contributed by atoms with Crippen LogP contribution in [0.4, 0.5) is 0 Å². The molecule has 0 aliphatic carbocycles. The van der Waals surface area contributed by atoms with Crippen LogP contribution in [0.2, 0.25) is 0 Å². The molecule has 5 heteroatoms. The van der Waals surface area contributed by atoms with Crippen LogP contribution in [-0.2, 0) is 17.8 Å². The average Bonchev–Trinajstić information content (AvgIpc) is 2.92. The smallest absolute Gasteiger partial charge is 0.220 e. The van der Waals surface area contributed by atoms with E-state index in [1.807, 2.05) is 6.20 Å². The van der Waals surface area contributed by atoms with Gasteiger partial charge in [0.2, 0.25) is 5.91 Å². The van der Waals surface area contributed by atoms with Gasteiger partial charge >= 0.3 is 0 Å². The number of piperidine rings is 1. The second kappa shape index (κ2) is 7.60. The molecule has 1 aromatic rings. The third kappa shape index (κ3) is 4.91. The molecule has 2 rings (SSSR count). The summed E-state index contributed by atoms with van der Waals surface area (Å²) in [6, 6.07) is 0. The van der Waals surface area contributed by atoms with E-state index in [-0.39, 0.29) is 5.91 Å². The number of nitrogens with zero attached hydrogens (tertiary/aromatic N) is 1. The lowest BCUT2D eigenvalue weighted by Gasteiger charge is -2.22.